The highest BCUT2D eigenvalue weighted by atomic mass is 35.5. The first-order valence-corrected chi connectivity index (χ1v) is 10.6. The van der Waals surface area contributed by atoms with E-state index in [0.29, 0.717) is 22.2 Å². The number of hydrogen-bond acceptors (Lipinski definition) is 4. The molecule has 3 aromatic rings. The lowest BCUT2D eigenvalue weighted by Crippen LogP contribution is -2.38. The summed E-state index contributed by atoms with van der Waals surface area (Å²) in [6, 6.07) is 17.0. The van der Waals surface area contributed by atoms with Gasteiger partial charge in [0.2, 0.25) is 5.88 Å². The van der Waals surface area contributed by atoms with Crippen LogP contribution in [0.25, 0.3) is 11.4 Å². The van der Waals surface area contributed by atoms with Crippen molar-refractivity contribution in [3.05, 3.63) is 71.4 Å². The van der Waals surface area contributed by atoms with Gasteiger partial charge in [-0.15, -0.1) is 0 Å². The summed E-state index contributed by atoms with van der Waals surface area (Å²) in [4.78, 5) is 24.2. The fourth-order valence-corrected chi connectivity index (χ4v) is 3.95. The van der Waals surface area contributed by atoms with Crippen LogP contribution in [0.4, 0.5) is 0 Å². The van der Waals surface area contributed by atoms with Crippen LogP contribution in [0.2, 0.25) is 5.02 Å². The van der Waals surface area contributed by atoms with Crippen molar-refractivity contribution in [1.82, 2.24) is 14.9 Å². The highest BCUT2D eigenvalue weighted by molar-refractivity contribution is 6.32. The minimum absolute atomic E-state index is 0.136. The van der Waals surface area contributed by atoms with Crippen molar-refractivity contribution in [2.75, 3.05) is 7.05 Å². The normalized spacial score (nSPS) is 14.3. The van der Waals surface area contributed by atoms with Crippen molar-refractivity contribution in [3.63, 3.8) is 0 Å². The largest absolute Gasteiger partial charge is 0.436 e. The van der Waals surface area contributed by atoms with Crippen LogP contribution in [0.5, 0.6) is 11.6 Å². The molecule has 0 radical (unpaired) electrons. The number of para-hydroxylation sites is 1. The molecule has 154 valence electrons. The van der Waals surface area contributed by atoms with E-state index in [0.717, 1.165) is 31.2 Å². The van der Waals surface area contributed by atoms with Gasteiger partial charge in [-0.05, 0) is 25.0 Å². The number of aromatic nitrogens is 2. The number of ether oxygens (including phenoxy) is 1. The molecule has 1 fully saturated rings. The topological polar surface area (TPSA) is 55.3 Å². The van der Waals surface area contributed by atoms with Gasteiger partial charge < -0.3 is 9.64 Å². The van der Waals surface area contributed by atoms with Gasteiger partial charge in [-0.3, -0.25) is 4.79 Å². The second kappa shape index (κ2) is 9.26. The number of carbonyl (C=O) groups is 1. The molecule has 0 saturated heterocycles. The number of benzene rings is 2. The molecule has 0 bridgehead atoms. The number of hydrogen-bond donors (Lipinski definition) is 0. The summed E-state index contributed by atoms with van der Waals surface area (Å²) in [7, 11) is 1.85. The Bertz CT molecular complexity index is 1020. The third-order valence-electron chi connectivity index (χ3n) is 5.50. The molecule has 1 heterocycles. The quantitative estimate of drug-likeness (QED) is 0.507. The van der Waals surface area contributed by atoms with Crippen LogP contribution < -0.4 is 4.74 Å². The zero-order chi connectivity index (χ0) is 20.9. The van der Waals surface area contributed by atoms with Gasteiger partial charge in [-0.1, -0.05) is 73.3 Å². The molecule has 1 aromatic heterocycles. The Hall–Kier alpha value is -2.92. The molecular formula is C24H24ClN3O2. The monoisotopic (exact) mass is 421 g/mol. The SMILES string of the molecule is CN(C(=O)c1cnc(-c2ccccc2)nc1Oc1ccccc1Cl)C1CCCCC1. The second-order valence-electron chi connectivity index (χ2n) is 7.52. The van der Waals surface area contributed by atoms with E-state index < -0.39 is 0 Å². The molecule has 1 amide bonds. The fraction of sp³-hybridized carbons (Fsp3) is 0.292. The molecule has 4 rings (SSSR count). The lowest BCUT2D eigenvalue weighted by molar-refractivity contribution is 0.0692. The van der Waals surface area contributed by atoms with Crippen LogP contribution in [0, 0.1) is 0 Å². The number of amides is 1. The minimum Gasteiger partial charge on any atom is -0.436 e. The molecule has 5 nitrogen and oxygen atoms in total. The van der Waals surface area contributed by atoms with Crippen LogP contribution in [-0.2, 0) is 0 Å². The maximum atomic E-state index is 13.3. The molecule has 0 unspecified atom stereocenters. The van der Waals surface area contributed by atoms with Crippen LogP contribution in [0.1, 0.15) is 42.5 Å². The van der Waals surface area contributed by atoms with Crippen molar-refractivity contribution in [2.24, 2.45) is 0 Å². The smallest absolute Gasteiger partial charge is 0.260 e. The Morgan fingerprint density at radius 3 is 2.47 bits per heavy atom. The Kier molecular flexibility index (Phi) is 6.29. The molecule has 1 aliphatic rings. The fourth-order valence-electron chi connectivity index (χ4n) is 3.77. The molecule has 6 heteroatoms. The lowest BCUT2D eigenvalue weighted by atomic mass is 9.94. The standard InChI is InChI=1S/C24H24ClN3O2/c1-28(18-12-6-3-7-13-18)24(29)19-16-26-22(17-10-4-2-5-11-17)27-23(19)30-21-15-9-8-14-20(21)25/h2,4-5,8-11,14-16,18H,3,6-7,12-13H2,1H3. The van der Waals surface area contributed by atoms with Crippen molar-refractivity contribution in [3.8, 4) is 23.0 Å². The van der Waals surface area contributed by atoms with E-state index in [2.05, 4.69) is 9.97 Å². The van der Waals surface area contributed by atoms with E-state index in [9.17, 15) is 4.79 Å². The van der Waals surface area contributed by atoms with Crippen molar-refractivity contribution >= 4 is 17.5 Å². The number of carbonyl (C=O) groups excluding carboxylic acids is 1. The average Bonchev–Trinajstić information content (AvgIpc) is 2.81. The minimum atomic E-state index is -0.136. The van der Waals surface area contributed by atoms with E-state index in [1.54, 1.807) is 23.2 Å². The predicted octanol–water partition coefficient (Wildman–Crippen LogP) is 5.99. The zero-order valence-corrected chi connectivity index (χ0v) is 17.7. The third kappa shape index (κ3) is 4.46. The highest BCUT2D eigenvalue weighted by Gasteiger charge is 2.27. The first-order valence-electron chi connectivity index (χ1n) is 10.3. The average molecular weight is 422 g/mol. The Labute approximate surface area is 181 Å². The van der Waals surface area contributed by atoms with E-state index in [1.807, 2.05) is 49.5 Å². The van der Waals surface area contributed by atoms with Gasteiger partial charge in [-0.25, -0.2) is 4.98 Å². The molecule has 2 aromatic carbocycles. The van der Waals surface area contributed by atoms with Crippen LogP contribution >= 0.6 is 11.6 Å². The van der Waals surface area contributed by atoms with Gasteiger partial charge in [-0.2, -0.15) is 4.98 Å². The molecule has 0 spiro atoms. The van der Waals surface area contributed by atoms with Gasteiger partial charge in [0.15, 0.2) is 5.82 Å². The zero-order valence-electron chi connectivity index (χ0n) is 16.9. The number of halogens is 1. The van der Waals surface area contributed by atoms with E-state index in [-0.39, 0.29) is 17.8 Å². The Morgan fingerprint density at radius 1 is 1.03 bits per heavy atom. The van der Waals surface area contributed by atoms with Crippen LogP contribution in [-0.4, -0.2) is 33.9 Å². The molecule has 0 N–H and O–H groups in total. The van der Waals surface area contributed by atoms with Crippen molar-refractivity contribution in [2.45, 2.75) is 38.1 Å². The molecule has 30 heavy (non-hydrogen) atoms. The summed E-state index contributed by atoms with van der Waals surface area (Å²) < 4.78 is 6.03. The van der Waals surface area contributed by atoms with Crippen molar-refractivity contribution < 1.29 is 9.53 Å². The van der Waals surface area contributed by atoms with Gasteiger partial charge in [0.25, 0.3) is 5.91 Å². The summed E-state index contributed by atoms with van der Waals surface area (Å²) >= 11 is 6.28. The highest BCUT2D eigenvalue weighted by Crippen LogP contribution is 2.32. The van der Waals surface area contributed by atoms with Crippen LogP contribution in [0.3, 0.4) is 0 Å². The maximum absolute atomic E-state index is 13.3. The molecule has 0 atom stereocenters. The summed E-state index contributed by atoms with van der Waals surface area (Å²) in [5, 5.41) is 0.455. The van der Waals surface area contributed by atoms with Gasteiger partial charge >= 0.3 is 0 Å². The molecule has 0 aliphatic heterocycles. The maximum Gasteiger partial charge on any atom is 0.260 e. The Morgan fingerprint density at radius 2 is 1.73 bits per heavy atom. The van der Waals surface area contributed by atoms with E-state index in [4.69, 9.17) is 16.3 Å². The van der Waals surface area contributed by atoms with Gasteiger partial charge in [0, 0.05) is 24.8 Å². The molecular weight excluding hydrogens is 398 g/mol. The first-order chi connectivity index (χ1) is 14.6. The predicted molar refractivity (Wildman–Crippen MR) is 118 cm³/mol. The van der Waals surface area contributed by atoms with E-state index >= 15 is 0 Å². The summed E-state index contributed by atoms with van der Waals surface area (Å²) in [5.74, 6) is 1.02. The van der Waals surface area contributed by atoms with Gasteiger partial charge in [0.05, 0.1) is 5.02 Å². The summed E-state index contributed by atoms with van der Waals surface area (Å²) in [5.41, 5.74) is 1.18. The lowest BCUT2D eigenvalue weighted by Gasteiger charge is -2.31. The third-order valence-corrected chi connectivity index (χ3v) is 5.81. The second-order valence-corrected chi connectivity index (χ2v) is 7.93. The molecule has 1 saturated carbocycles. The first kappa shape index (κ1) is 20.4. The Balaban J connectivity index is 1.71. The molecule has 1 aliphatic carbocycles. The van der Waals surface area contributed by atoms with Crippen molar-refractivity contribution in [1.29, 1.82) is 0 Å². The summed E-state index contributed by atoms with van der Waals surface area (Å²) in [6.07, 6.45) is 7.12. The van der Waals surface area contributed by atoms with E-state index in [1.165, 1.54) is 6.42 Å². The number of nitrogens with zero attached hydrogens (tertiary/aromatic N) is 3. The number of rotatable bonds is 5. The van der Waals surface area contributed by atoms with Gasteiger partial charge in [0.1, 0.15) is 11.3 Å². The summed E-state index contributed by atoms with van der Waals surface area (Å²) in [6.45, 7) is 0. The van der Waals surface area contributed by atoms with Crippen LogP contribution in [0.15, 0.2) is 60.8 Å².